The standard InChI is InChI=1S/C11H22N2O3/c1-11(4-3-5-12-8-11)10(15)13-6-9(14)7-16-2/h9,12,14H,3-8H2,1-2H3,(H,13,15). The van der Waals surface area contributed by atoms with Gasteiger partial charge in [-0.15, -0.1) is 0 Å². The topological polar surface area (TPSA) is 70.6 Å². The zero-order chi connectivity index (χ0) is 12.0. The highest BCUT2D eigenvalue weighted by Crippen LogP contribution is 2.25. The van der Waals surface area contributed by atoms with E-state index in [-0.39, 0.29) is 24.5 Å². The van der Waals surface area contributed by atoms with E-state index in [1.54, 1.807) is 0 Å². The Balaban J connectivity index is 2.33. The first kappa shape index (κ1) is 13.4. The van der Waals surface area contributed by atoms with Crippen molar-refractivity contribution in [3.8, 4) is 0 Å². The number of carbonyl (C=O) groups is 1. The van der Waals surface area contributed by atoms with Gasteiger partial charge in [0.05, 0.1) is 18.1 Å². The maximum atomic E-state index is 11.9. The number of amides is 1. The third-order valence-corrected chi connectivity index (χ3v) is 3.00. The van der Waals surface area contributed by atoms with Crippen molar-refractivity contribution >= 4 is 5.91 Å². The highest BCUT2D eigenvalue weighted by Gasteiger charge is 2.34. The lowest BCUT2D eigenvalue weighted by Crippen LogP contribution is -2.50. The number of aliphatic hydroxyl groups excluding tert-OH is 1. The molecule has 0 aliphatic carbocycles. The van der Waals surface area contributed by atoms with Gasteiger partial charge in [-0.1, -0.05) is 0 Å². The summed E-state index contributed by atoms with van der Waals surface area (Å²) in [5, 5.41) is 15.4. The lowest BCUT2D eigenvalue weighted by atomic mass is 9.82. The highest BCUT2D eigenvalue weighted by atomic mass is 16.5. The van der Waals surface area contributed by atoms with Gasteiger partial charge in [-0.2, -0.15) is 0 Å². The Morgan fingerprint density at radius 1 is 1.69 bits per heavy atom. The largest absolute Gasteiger partial charge is 0.389 e. The number of methoxy groups -OCH3 is 1. The predicted molar refractivity (Wildman–Crippen MR) is 61.1 cm³/mol. The maximum absolute atomic E-state index is 11.9. The second-order valence-corrected chi connectivity index (χ2v) is 4.66. The zero-order valence-corrected chi connectivity index (χ0v) is 10.1. The summed E-state index contributed by atoms with van der Waals surface area (Å²) in [4.78, 5) is 11.9. The van der Waals surface area contributed by atoms with Crippen molar-refractivity contribution in [1.82, 2.24) is 10.6 Å². The van der Waals surface area contributed by atoms with Crippen LogP contribution in [0.25, 0.3) is 0 Å². The highest BCUT2D eigenvalue weighted by molar-refractivity contribution is 5.82. The normalized spacial score (nSPS) is 27.4. The van der Waals surface area contributed by atoms with Gasteiger partial charge in [-0.3, -0.25) is 4.79 Å². The Labute approximate surface area is 96.6 Å². The lowest BCUT2D eigenvalue weighted by Gasteiger charge is -2.32. The minimum atomic E-state index is -0.630. The van der Waals surface area contributed by atoms with E-state index in [1.807, 2.05) is 6.92 Å². The number of hydrogen-bond acceptors (Lipinski definition) is 4. The smallest absolute Gasteiger partial charge is 0.227 e. The van der Waals surface area contributed by atoms with E-state index in [0.717, 1.165) is 19.4 Å². The number of nitrogens with one attached hydrogen (secondary N) is 2. The minimum Gasteiger partial charge on any atom is -0.389 e. The molecule has 1 heterocycles. The Hall–Kier alpha value is -0.650. The summed E-state index contributed by atoms with van der Waals surface area (Å²) in [5.41, 5.74) is -0.342. The SMILES string of the molecule is COCC(O)CNC(=O)C1(C)CCCNC1. The monoisotopic (exact) mass is 230 g/mol. The molecule has 0 radical (unpaired) electrons. The molecule has 0 saturated carbocycles. The summed E-state index contributed by atoms with van der Waals surface area (Å²) in [6.45, 7) is 4.14. The van der Waals surface area contributed by atoms with Gasteiger partial charge in [-0.25, -0.2) is 0 Å². The van der Waals surface area contributed by atoms with Gasteiger partial charge in [0.25, 0.3) is 0 Å². The van der Waals surface area contributed by atoms with Crippen molar-refractivity contribution in [1.29, 1.82) is 0 Å². The number of carbonyl (C=O) groups excluding carboxylic acids is 1. The molecule has 2 unspecified atom stereocenters. The minimum absolute atomic E-state index is 0.00912. The van der Waals surface area contributed by atoms with Gasteiger partial charge in [0.1, 0.15) is 0 Å². The molecule has 1 aliphatic heterocycles. The van der Waals surface area contributed by atoms with E-state index in [4.69, 9.17) is 4.74 Å². The quantitative estimate of drug-likeness (QED) is 0.595. The maximum Gasteiger partial charge on any atom is 0.227 e. The van der Waals surface area contributed by atoms with E-state index in [0.29, 0.717) is 6.54 Å². The summed E-state index contributed by atoms with van der Waals surface area (Å²) in [6, 6.07) is 0. The van der Waals surface area contributed by atoms with Crippen molar-refractivity contribution in [2.75, 3.05) is 33.4 Å². The number of ether oxygens (including phenoxy) is 1. The van der Waals surface area contributed by atoms with Crippen LogP contribution in [-0.2, 0) is 9.53 Å². The molecule has 0 aromatic rings. The summed E-state index contributed by atoms with van der Waals surface area (Å²) in [7, 11) is 1.53. The van der Waals surface area contributed by atoms with Crippen LogP contribution >= 0.6 is 0 Å². The first-order valence-corrected chi connectivity index (χ1v) is 5.74. The van der Waals surface area contributed by atoms with Crippen LogP contribution < -0.4 is 10.6 Å². The Morgan fingerprint density at radius 2 is 2.44 bits per heavy atom. The second kappa shape index (κ2) is 6.18. The second-order valence-electron chi connectivity index (χ2n) is 4.66. The molecule has 1 rings (SSSR count). The molecular formula is C11H22N2O3. The van der Waals surface area contributed by atoms with Crippen molar-refractivity contribution in [3.63, 3.8) is 0 Å². The van der Waals surface area contributed by atoms with Crippen LogP contribution in [0.5, 0.6) is 0 Å². The number of piperidine rings is 1. The van der Waals surface area contributed by atoms with Crippen molar-refractivity contribution < 1.29 is 14.6 Å². The van der Waals surface area contributed by atoms with Gasteiger partial charge < -0.3 is 20.5 Å². The van der Waals surface area contributed by atoms with Gasteiger partial charge in [0, 0.05) is 20.2 Å². The Morgan fingerprint density at radius 3 is 3.00 bits per heavy atom. The van der Waals surface area contributed by atoms with Crippen LogP contribution in [0.4, 0.5) is 0 Å². The fourth-order valence-corrected chi connectivity index (χ4v) is 1.93. The fourth-order valence-electron chi connectivity index (χ4n) is 1.93. The summed E-state index contributed by atoms with van der Waals surface area (Å²) >= 11 is 0. The number of hydrogen-bond donors (Lipinski definition) is 3. The molecular weight excluding hydrogens is 208 g/mol. The van der Waals surface area contributed by atoms with Gasteiger partial charge >= 0.3 is 0 Å². The Kier molecular flexibility index (Phi) is 5.18. The van der Waals surface area contributed by atoms with E-state index in [9.17, 15) is 9.90 Å². The zero-order valence-electron chi connectivity index (χ0n) is 10.1. The van der Waals surface area contributed by atoms with Gasteiger partial charge in [-0.05, 0) is 26.3 Å². The molecule has 0 spiro atoms. The molecule has 3 N–H and O–H groups in total. The van der Waals surface area contributed by atoms with Crippen LogP contribution in [0.1, 0.15) is 19.8 Å². The van der Waals surface area contributed by atoms with E-state index in [2.05, 4.69) is 10.6 Å². The first-order chi connectivity index (χ1) is 7.58. The molecule has 5 nitrogen and oxygen atoms in total. The van der Waals surface area contributed by atoms with Crippen LogP contribution in [0.3, 0.4) is 0 Å². The van der Waals surface area contributed by atoms with Crippen LogP contribution in [-0.4, -0.2) is 50.5 Å². The van der Waals surface area contributed by atoms with E-state index < -0.39 is 6.10 Å². The molecule has 94 valence electrons. The molecule has 0 aromatic heterocycles. The average molecular weight is 230 g/mol. The van der Waals surface area contributed by atoms with Crippen molar-refractivity contribution in [2.45, 2.75) is 25.9 Å². The van der Waals surface area contributed by atoms with Crippen LogP contribution in [0.15, 0.2) is 0 Å². The first-order valence-electron chi connectivity index (χ1n) is 5.74. The third-order valence-electron chi connectivity index (χ3n) is 3.00. The molecule has 1 aliphatic rings. The van der Waals surface area contributed by atoms with Crippen molar-refractivity contribution in [2.24, 2.45) is 5.41 Å². The molecule has 1 amide bonds. The number of aliphatic hydroxyl groups is 1. The Bertz CT molecular complexity index is 227. The third kappa shape index (κ3) is 3.73. The summed E-state index contributed by atoms with van der Waals surface area (Å²) in [5.74, 6) is 0.00912. The molecule has 0 aromatic carbocycles. The van der Waals surface area contributed by atoms with Crippen molar-refractivity contribution in [3.05, 3.63) is 0 Å². The summed E-state index contributed by atoms with van der Waals surface area (Å²) in [6.07, 6.45) is 1.28. The van der Waals surface area contributed by atoms with E-state index in [1.165, 1.54) is 7.11 Å². The van der Waals surface area contributed by atoms with Gasteiger partial charge in [0.15, 0.2) is 0 Å². The summed E-state index contributed by atoms with van der Waals surface area (Å²) < 4.78 is 4.79. The molecule has 5 heteroatoms. The molecule has 0 bridgehead atoms. The molecule has 1 fully saturated rings. The van der Waals surface area contributed by atoms with Crippen LogP contribution in [0.2, 0.25) is 0 Å². The average Bonchev–Trinajstić information content (AvgIpc) is 2.27. The fraction of sp³-hybridized carbons (Fsp3) is 0.909. The number of rotatable bonds is 5. The van der Waals surface area contributed by atoms with Crippen LogP contribution in [0, 0.1) is 5.41 Å². The predicted octanol–water partition coefficient (Wildman–Crippen LogP) is -0.500. The molecule has 2 atom stereocenters. The lowest BCUT2D eigenvalue weighted by molar-refractivity contribution is -0.131. The van der Waals surface area contributed by atoms with Gasteiger partial charge in [0.2, 0.25) is 5.91 Å². The molecule has 16 heavy (non-hydrogen) atoms. The van der Waals surface area contributed by atoms with E-state index >= 15 is 0 Å². The molecule has 1 saturated heterocycles.